The fraction of sp³-hybridized carbons (Fsp3) is 0.500. The summed E-state index contributed by atoms with van der Waals surface area (Å²) in [7, 11) is 0. The first kappa shape index (κ1) is 12.4. The highest BCUT2D eigenvalue weighted by molar-refractivity contribution is 6.22. The zero-order valence-corrected chi connectivity index (χ0v) is 11.1. The first-order valence-corrected chi connectivity index (χ1v) is 6.50. The largest absolute Gasteiger partial charge is 0.337 e. The van der Waals surface area contributed by atoms with Gasteiger partial charge in [-0.3, -0.25) is 4.79 Å². The van der Waals surface area contributed by atoms with E-state index in [0.717, 1.165) is 0 Å². The van der Waals surface area contributed by atoms with Crippen molar-refractivity contribution in [3.8, 4) is 0 Å². The quantitative estimate of drug-likeness (QED) is 0.756. The second-order valence-corrected chi connectivity index (χ2v) is 5.59. The third-order valence-corrected chi connectivity index (χ3v) is 3.48. The van der Waals surface area contributed by atoms with Crippen LogP contribution < -0.4 is 0 Å². The predicted octanol–water partition coefficient (Wildman–Crippen LogP) is 3.15. The highest BCUT2D eigenvalue weighted by Gasteiger charge is 2.27. The van der Waals surface area contributed by atoms with Crippen molar-refractivity contribution in [1.82, 2.24) is 4.90 Å². The number of amides is 1. The van der Waals surface area contributed by atoms with Gasteiger partial charge in [0.05, 0.1) is 5.38 Å². The van der Waals surface area contributed by atoms with Crippen LogP contribution >= 0.6 is 11.6 Å². The first-order valence-electron chi connectivity index (χ1n) is 6.07. The van der Waals surface area contributed by atoms with Crippen LogP contribution in [0.1, 0.15) is 37.3 Å². The molecule has 2 rings (SSSR count). The fourth-order valence-corrected chi connectivity index (χ4v) is 2.40. The Morgan fingerprint density at radius 3 is 2.47 bits per heavy atom. The molecule has 3 heteroatoms. The lowest BCUT2D eigenvalue weighted by Gasteiger charge is -2.16. The zero-order chi connectivity index (χ0) is 12.4. The number of likely N-dealkylation sites (tertiary alicyclic amines) is 1. The van der Waals surface area contributed by atoms with Crippen LogP contribution in [0.15, 0.2) is 24.3 Å². The molecule has 1 saturated heterocycles. The molecule has 0 aromatic heterocycles. The Hall–Kier alpha value is -1.02. The Labute approximate surface area is 108 Å². The summed E-state index contributed by atoms with van der Waals surface area (Å²) in [4.78, 5) is 13.4. The van der Waals surface area contributed by atoms with Crippen molar-refractivity contribution >= 4 is 17.5 Å². The minimum atomic E-state index is -0.0163. The molecule has 0 aliphatic carbocycles. The van der Waals surface area contributed by atoms with Crippen LogP contribution in [-0.4, -0.2) is 22.7 Å². The minimum Gasteiger partial charge on any atom is -0.337 e. The average molecular weight is 252 g/mol. The van der Waals surface area contributed by atoms with Gasteiger partial charge in [0.2, 0.25) is 5.91 Å². The molecule has 0 N–H and O–H groups in total. The van der Waals surface area contributed by atoms with Crippen LogP contribution in [0.4, 0.5) is 0 Å². The average Bonchev–Trinajstić information content (AvgIpc) is 2.58. The smallest absolute Gasteiger partial charge is 0.224 e. The topological polar surface area (TPSA) is 20.3 Å². The number of alkyl halides is 1. The Bertz CT molecular complexity index is 399. The van der Waals surface area contributed by atoms with Crippen LogP contribution in [0.2, 0.25) is 0 Å². The van der Waals surface area contributed by atoms with E-state index in [-0.39, 0.29) is 11.3 Å². The van der Waals surface area contributed by atoms with Gasteiger partial charge in [0.15, 0.2) is 0 Å². The summed E-state index contributed by atoms with van der Waals surface area (Å²) >= 11 is 5.97. The van der Waals surface area contributed by atoms with E-state index in [2.05, 4.69) is 38.1 Å². The number of nitrogens with zero attached hydrogens (tertiary/aromatic N) is 1. The van der Waals surface area contributed by atoms with E-state index in [1.807, 2.05) is 4.90 Å². The number of halogens is 1. The van der Waals surface area contributed by atoms with Gasteiger partial charge >= 0.3 is 0 Å². The van der Waals surface area contributed by atoms with E-state index in [0.29, 0.717) is 25.4 Å². The van der Waals surface area contributed by atoms with Crippen LogP contribution in [-0.2, 0) is 11.3 Å². The molecular weight excluding hydrogens is 234 g/mol. The maximum atomic E-state index is 11.6. The first-order chi connectivity index (χ1) is 8.06. The van der Waals surface area contributed by atoms with Crippen LogP contribution in [0.25, 0.3) is 0 Å². The van der Waals surface area contributed by atoms with Gasteiger partial charge in [-0.2, -0.15) is 0 Å². The maximum absolute atomic E-state index is 11.6. The second kappa shape index (κ2) is 5.09. The monoisotopic (exact) mass is 251 g/mol. The normalized spacial score (nSPS) is 20.4. The SMILES string of the molecule is CC(C)c1ccc(CN2CC(Cl)CC2=O)cc1. The minimum absolute atomic E-state index is 0.0163. The van der Waals surface area contributed by atoms with E-state index >= 15 is 0 Å². The molecule has 2 nitrogen and oxygen atoms in total. The van der Waals surface area contributed by atoms with Crippen molar-refractivity contribution < 1.29 is 4.79 Å². The Morgan fingerprint density at radius 2 is 2.00 bits per heavy atom. The molecule has 92 valence electrons. The summed E-state index contributed by atoms with van der Waals surface area (Å²) in [5.74, 6) is 0.711. The maximum Gasteiger partial charge on any atom is 0.224 e. The highest BCUT2D eigenvalue weighted by atomic mass is 35.5. The van der Waals surface area contributed by atoms with Gasteiger partial charge in [0.25, 0.3) is 0 Å². The van der Waals surface area contributed by atoms with E-state index in [4.69, 9.17) is 11.6 Å². The Kier molecular flexibility index (Phi) is 3.72. The van der Waals surface area contributed by atoms with Gasteiger partial charge < -0.3 is 4.90 Å². The lowest BCUT2D eigenvalue weighted by Crippen LogP contribution is -2.24. The second-order valence-electron chi connectivity index (χ2n) is 4.97. The van der Waals surface area contributed by atoms with Gasteiger partial charge in [-0.1, -0.05) is 38.1 Å². The van der Waals surface area contributed by atoms with Crippen molar-refractivity contribution in [2.75, 3.05) is 6.54 Å². The van der Waals surface area contributed by atoms with Gasteiger partial charge in [-0.05, 0) is 17.0 Å². The summed E-state index contributed by atoms with van der Waals surface area (Å²) < 4.78 is 0. The Morgan fingerprint density at radius 1 is 1.35 bits per heavy atom. The highest BCUT2D eigenvalue weighted by Crippen LogP contribution is 2.20. The van der Waals surface area contributed by atoms with Crippen molar-refractivity contribution in [2.45, 2.75) is 38.1 Å². The van der Waals surface area contributed by atoms with Crippen LogP contribution in [0.3, 0.4) is 0 Å². The van der Waals surface area contributed by atoms with Crippen molar-refractivity contribution in [1.29, 1.82) is 0 Å². The molecule has 17 heavy (non-hydrogen) atoms. The molecule has 1 aliphatic heterocycles. The molecular formula is C14H18ClNO. The van der Waals surface area contributed by atoms with Gasteiger partial charge in [0, 0.05) is 19.5 Å². The third-order valence-electron chi connectivity index (χ3n) is 3.19. The van der Waals surface area contributed by atoms with E-state index in [1.54, 1.807) is 0 Å². The van der Waals surface area contributed by atoms with Gasteiger partial charge in [-0.15, -0.1) is 11.6 Å². The summed E-state index contributed by atoms with van der Waals surface area (Å²) in [5, 5.41) is -0.0163. The predicted molar refractivity (Wildman–Crippen MR) is 70.2 cm³/mol. The van der Waals surface area contributed by atoms with E-state index in [1.165, 1.54) is 11.1 Å². The molecule has 1 aromatic rings. The molecule has 0 bridgehead atoms. The van der Waals surface area contributed by atoms with Crippen LogP contribution in [0.5, 0.6) is 0 Å². The Balaban J connectivity index is 2.02. The zero-order valence-electron chi connectivity index (χ0n) is 10.3. The number of carbonyl (C=O) groups excluding carboxylic acids is 1. The van der Waals surface area contributed by atoms with Crippen molar-refractivity contribution in [2.24, 2.45) is 0 Å². The lowest BCUT2D eigenvalue weighted by atomic mass is 10.0. The van der Waals surface area contributed by atoms with Crippen molar-refractivity contribution in [3.63, 3.8) is 0 Å². The van der Waals surface area contributed by atoms with Gasteiger partial charge in [-0.25, -0.2) is 0 Å². The van der Waals surface area contributed by atoms with Crippen LogP contribution in [0, 0.1) is 0 Å². The molecule has 1 aromatic carbocycles. The molecule has 0 radical (unpaired) electrons. The summed E-state index contributed by atoms with van der Waals surface area (Å²) in [6.45, 7) is 5.71. The third kappa shape index (κ3) is 3.01. The number of benzene rings is 1. The number of carbonyl (C=O) groups is 1. The molecule has 1 aliphatic rings. The number of hydrogen-bond donors (Lipinski definition) is 0. The molecule has 1 amide bonds. The van der Waals surface area contributed by atoms with E-state index < -0.39 is 0 Å². The molecule has 1 fully saturated rings. The molecule has 1 unspecified atom stereocenters. The molecule has 1 atom stereocenters. The summed E-state index contributed by atoms with van der Waals surface area (Å²) in [5.41, 5.74) is 2.50. The molecule has 0 saturated carbocycles. The van der Waals surface area contributed by atoms with Crippen molar-refractivity contribution in [3.05, 3.63) is 35.4 Å². The summed E-state index contributed by atoms with van der Waals surface area (Å²) in [6.07, 6.45) is 0.478. The summed E-state index contributed by atoms with van der Waals surface area (Å²) in [6, 6.07) is 8.48. The van der Waals surface area contributed by atoms with E-state index in [9.17, 15) is 4.79 Å². The lowest BCUT2D eigenvalue weighted by molar-refractivity contribution is -0.128. The molecule has 1 heterocycles. The number of rotatable bonds is 3. The molecule has 0 spiro atoms. The fourth-order valence-electron chi connectivity index (χ4n) is 2.11. The van der Waals surface area contributed by atoms with Gasteiger partial charge in [0.1, 0.15) is 0 Å². The standard InChI is InChI=1S/C14H18ClNO/c1-10(2)12-5-3-11(4-6-12)8-16-9-13(15)7-14(16)17/h3-6,10,13H,7-9H2,1-2H3. The number of hydrogen-bond acceptors (Lipinski definition) is 1.